The summed E-state index contributed by atoms with van der Waals surface area (Å²) in [5, 5.41) is 0. The number of rotatable bonds is 17. The zero-order valence-electron chi connectivity index (χ0n) is 16.4. The summed E-state index contributed by atoms with van der Waals surface area (Å²) in [6, 6.07) is 0.203. The van der Waals surface area contributed by atoms with E-state index in [-0.39, 0.29) is 6.04 Å². The molecule has 0 spiro atoms. The summed E-state index contributed by atoms with van der Waals surface area (Å²) in [6.07, 6.45) is 11.1. The Morgan fingerprint density at radius 1 is 0.654 bits per heavy atom. The molecule has 0 atom stereocenters. The van der Waals surface area contributed by atoms with E-state index in [1.165, 1.54) is 45.1 Å². The molecule has 0 aromatic carbocycles. The van der Waals surface area contributed by atoms with Crippen molar-refractivity contribution in [1.82, 2.24) is 0 Å². The molecular weight excluding hydrogens is 400 g/mol. The first kappa shape index (κ1) is 26.0. The molecule has 0 heterocycles. The molecule has 0 fully saturated rings. The van der Waals surface area contributed by atoms with Crippen LogP contribution in [0.2, 0.25) is 12.6 Å². The van der Waals surface area contributed by atoms with Crippen molar-refractivity contribution in [2.45, 2.75) is 83.7 Å². The summed E-state index contributed by atoms with van der Waals surface area (Å²) in [4.78, 5) is 0. The summed E-state index contributed by atoms with van der Waals surface area (Å²) < 4.78 is 64.5. The topological polar surface area (TPSA) is 105 Å². The highest BCUT2D eigenvalue weighted by atomic mass is 32.3. The van der Waals surface area contributed by atoms with Crippen LogP contribution >= 0.6 is 0 Å². The molecule has 0 saturated carbocycles. The van der Waals surface area contributed by atoms with Crippen molar-refractivity contribution in [3.63, 3.8) is 0 Å². The molecule has 0 aliphatic rings. The summed E-state index contributed by atoms with van der Waals surface area (Å²) in [6.45, 7) is 3.56. The lowest BCUT2D eigenvalue weighted by Crippen LogP contribution is -2.43. The van der Waals surface area contributed by atoms with Crippen LogP contribution in [0, 0.1) is 0 Å². The number of hydrogen-bond acceptors (Lipinski definition) is 8. The van der Waals surface area contributed by atoms with Gasteiger partial charge in [0.25, 0.3) is 0 Å². The van der Waals surface area contributed by atoms with Gasteiger partial charge in [0.05, 0.1) is 14.2 Å². The van der Waals surface area contributed by atoms with Gasteiger partial charge < -0.3 is 0 Å². The Hall–Kier alpha value is -0.0431. The zero-order chi connectivity index (χ0) is 20.1. The van der Waals surface area contributed by atoms with Gasteiger partial charge in [-0.15, -0.1) is 0 Å². The van der Waals surface area contributed by atoms with Crippen LogP contribution in [-0.4, -0.2) is 39.6 Å². The Morgan fingerprint density at radius 3 is 1.35 bits per heavy atom. The van der Waals surface area contributed by atoms with E-state index >= 15 is 0 Å². The van der Waals surface area contributed by atoms with Crippen molar-refractivity contribution in [3.8, 4) is 0 Å². The minimum atomic E-state index is -4.30. The van der Waals surface area contributed by atoms with Gasteiger partial charge in [0.1, 0.15) is 0 Å². The van der Waals surface area contributed by atoms with Gasteiger partial charge in [-0.2, -0.15) is 16.8 Å². The monoisotopic (exact) mass is 434 g/mol. The molecule has 0 radical (unpaired) electrons. The van der Waals surface area contributed by atoms with Crippen LogP contribution in [0.5, 0.6) is 0 Å². The Bertz CT molecular complexity index is 526. The first-order chi connectivity index (χ1) is 12.1. The Morgan fingerprint density at radius 2 is 1.00 bits per heavy atom. The normalized spacial score (nSPS) is 13.2. The van der Waals surface area contributed by atoms with Gasteiger partial charge in [-0.3, -0.25) is 16.1 Å². The van der Waals surface area contributed by atoms with Crippen LogP contribution in [0.3, 0.4) is 0 Å². The van der Waals surface area contributed by atoms with Crippen LogP contribution in [-0.2, 0) is 36.9 Å². The lowest BCUT2D eigenvalue weighted by molar-refractivity contribution is 0.274. The molecule has 0 unspecified atom stereocenters. The third kappa shape index (κ3) is 13.2. The third-order valence-electron chi connectivity index (χ3n) is 3.95. The van der Waals surface area contributed by atoms with E-state index < -0.39 is 29.4 Å². The average Bonchev–Trinajstić information content (AvgIpc) is 2.55. The molecule has 0 aliphatic carbocycles. The molecule has 11 heteroatoms. The van der Waals surface area contributed by atoms with Crippen LogP contribution in [0.15, 0.2) is 0 Å². The van der Waals surface area contributed by atoms with Gasteiger partial charge in [-0.1, -0.05) is 71.1 Å². The SMILES string of the molecule is CCCCCCCCCCCC[Si](C)(OS(=O)(=O)OC)OS(=O)(=O)OC. The Kier molecular flexibility index (Phi) is 13.2. The van der Waals surface area contributed by atoms with Crippen LogP contribution in [0.4, 0.5) is 0 Å². The van der Waals surface area contributed by atoms with E-state index in [9.17, 15) is 16.8 Å². The standard InChI is InChI=1S/C15H34O8S2Si/c1-5-6-7-8-9-10-11-12-13-14-15-26(4,22-24(16,17)20-2)23-25(18,19)21-3/h5-15H2,1-4H3. The number of hydrogen-bond donors (Lipinski definition) is 0. The predicted molar refractivity (Wildman–Crippen MR) is 102 cm³/mol. The van der Waals surface area contributed by atoms with Gasteiger partial charge in [0.15, 0.2) is 0 Å². The lowest BCUT2D eigenvalue weighted by atomic mass is 10.1. The quantitative estimate of drug-likeness (QED) is 0.251. The minimum absolute atomic E-state index is 0.203. The molecule has 0 aliphatic heterocycles. The second-order valence-corrected chi connectivity index (χ2v) is 12.8. The maximum absolute atomic E-state index is 11.5. The fraction of sp³-hybridized carbons (Fsp3) is 1.00. The first-order valence-electron chi connectivity index (χ1n) is 9.12. The molecule has 0 N–H and O–H groups in total. The smallest absolute Gasteiger partial charge is 0.262 e. The molecule has 0 saturated heterocycles. The Balaban J connectivity index is 4.32. The van der Waals surface area contributed by atoms with E-state index in [1.807, 2.05) is 0 Å². The largest absolute Gasteiger partial charge is 0.392 e. The Labute approximate surface area is 160 Å². The first-order valence-corrected chi connectivity index (χ1v) is 14.3. The molecule has 0 aromatic heterocycles. The number of unbranched alkanes of at least 4 members (excludes halogenated alkanes) is 9. The van der Waals surface area contributed by atoms with Gasteiger partial charge >= 0.3 is 29.4 Å². The lowest BCUT2D eigenvalue weighted by Gasteiger charge is -2.24. The third-order valence-corrected chi connectivity index (χ3v) is 10.5. The highest BCUT2D eigenvalue weighted by Gasteiger charge is 2.42. The highest BCUT2D eigenvalue weighted by Crippen LogP contribution is 2.24. The van der Waals surface area contributed by atoms with Crippen LogP contribution in [0.1, 0.15) is 71.1 Å². The van der Waals surface area contributed by atoms with Crippen molar-refractivity contribution < 1.29 is 32.9 Å². The van der Waals surface area contributed by atoms with E-state index in [0.29, 0.717) is 6.42 Å². The summed E-state index contributed by atoms with van der Waals surface area (Å²) in [5.41, 5.74) is 0. The maximum atomic E-state index is 11.5. The van der Waals surface area contributed by atoms with Crippen molar-refractivity contribution >= 4 is 29.4 Å². The molecule has 8 nitrogen and oxygen atoms in total. The second kappa shape index (κ2) is 13.2. The molecular formula is C15H34O8S2Si. The van der Waals surface area contributed by atoms with Crippen molar-refractivity contribution in [3.05, 3.63) is 0 Å². The molecule has 0 aromatic rings. The summed E-state index contributed by atoms with van der Waals surface area (Å²) in [5.74, 6) is 0. The van der Waals surface area contributed by atoms with Gasteiger partial charge in [0.2, 0.25) is 0 Å². The van der Waals surface area contributed by atoms with Crippen molar-refractivity contribution in [2.24, 2.45) is 0 Å². The molecule has 158 valence electrons. The predicted octanol–water partition coefficient (Wildman–Crippen LogP) is 3.79. The van der Waals surface area contributed by atoms with Gasteiger partial charge in [-0.25, -0.2) is 0 Å². The summed E-state index contributed by atoms with van der Waals surface area (Å²) in [7, 11) is -10.3. The zero-order valence-corrected chi connectivity index (χ0v) is 19.0. The van der Waals surface area contributed by atoms with E-state index in [1.54, 1.807) is 0 Å². The van der Waals surface area contributed by atoms with Crippen LogP contribution in [0.25, 0.3) is 0 Å². The maximum Gasteiger partial charge on any atom is 0.392 e. The average molecular weight is 435 g/mol. The fourth-order valence-corrected chi connectivity index (χ4v) is 8.45. The van der Waals surface area contributed by atoms with Gasteiger partial charge in [0, 0.05) is 0 Å². The van der Waals surface area contributed by atoms with Crippen molar-refractivity contribution in [1.29, 1.82) is 0 Å². The van der Waals surface area contributed by atoms with E-state index in [2.05, 4.69) is 15.3 Å². The molecule has 26 heavy (non-hydrogen) atoms. The van der Waals surface area contributed by atoms with Gasteiger partial charge in [-0.05, 0) is 12.6 Å². The van der Waals surface area contributed by atoms with E-state index in [4.69, 9.17) is 7.74 Å². The fourth-order valence-electron chi connectivity index (χ4n) is 2.53. The summed E-state index contributed by atoms with van der Waals surface area (Å²) >= 11 is 0. The van der Waals surface area contributed by atoms with Crippen molar-refractivity contribution in [2.75, 3.05) is 14.2 Å². The molecule has 0 amide bonds. The second-order valence-electron chi connectivity index (χ2n) is 6.38. The molecule has 0 bridgehead atoms. The van der Waals surface area contributed by atoms with E-state index in [0.717, 1.165) is 33.5 Å². The molecule has 0 rings (SSSR count). The van der Waals surface area contributed by atoms with Crippen LogP contribution < -0.4 is 0 Å². The minimum Gasteiger partial charge on any atom is -0.262 e. The highest BCUT2D eigenvalue weighted by molar-refractivity contribution is 7.84.